The molecule has 0 bridgehead atoms. The third kappa shape index (κ3) is 4.12. The van der Waals surface area contributed by atoms with Gasteiger partial charge in [0.15, 0.2) is 0 Å². The van der Waals surface area contributed by atoms with Crippen LogP contribution in [0.25, 0.3) is 10.8 Å². The molecule has 1 saturated carbocycles. The van der Waals surface area contributed by atoms with Crippen LogP contribution in [0, 0.1) is 6.92 Å². The zero-order chi connectivity index (χ0) is 23.9. The predicted molar refractivity (Wildman–Crippen MR) is 129 cm³/mol. The molecule has 1 aliphatic rings. The van der Waals surface area contributed by atoms with E-state index in [4.69, 9.17) is 0 Å². The number of benzene rings is 2. The third-order valence-electron chi connectivity index (χ3n) is 6.15. The monoisotopic (exact) mass is 473 g/mol. The number of carbonyl (C=O) groups is 1. The van der Waals surface area contributed by atoms with E-state index < -0.39 is 16.0 Å². The summed E-state index contributed by atoms with van der Waals surface area (Å²) >= 11 is 0. The summed E-state index contributed by atoms with van der Waals surface area (Å²) in [5.41, 5.74) is 2.52. The Labute approximate surface area is 197 Å². The van der Waals surface area contributed by atoms with Crippen LogP contribution in [0.2, 0.25) is 0 Å². The number of rotatable bonds is 7. The number of hydrogen-bond acceptors (Lipinski definition) is 5. The van der Waals surface area contributed by atoms with Crippen molar-refractivity contribution < 1.29 is 18.3 Å². The Morgan fingerprint density at radius 2 is 1.74 bits per heavy atom. The van der Waals surface area contributed by atoms with Crippen LogP contribution in [0.4, 0.5) is 5.82 Å². The first kappa shape index (κ1) is 22.0. The first-order chi connectivity index (χ1) is 16.3. The molecule has 2 heterocycles. The van der Waals surface area contributed by atoms with E-state index in [0.717, 1.165) is 29.2 Å². The summed E-state index contributed by atoms with van der Waals surface area (Å²) in [6.45, 7) is 1.85. The SMILES string of the molecule is Cc1c(N(Cc2ccc(C3CC3)cn2)S(=O)(=O)c2ccc(C(=O)O)cc2)ncc2ccccc12. The Morgan fingerprint density at radius 3 is 2.38 bits per heavy atom. The Balaban J connectivity index is 1.60. The van der Waals surface area contributed by atoms with Gasteiger partial charge in [0.1, 0.15) is 5.82 Å². The van der Waals surface area contributed by atoms with Crippen LogP contribution in [0.1, 0.15) is 45.9 Å². The van der Waals surface area contributed by atoms with Crippen molar-refractivity contribution in [1.82, 2.24) is 9.97 Å². The highest BCUT2D eigenvalue weighted by molar-refractivity contribution is 7.92. The van der Waals surface area contributed by atoms with Crippen LogP contribution >= 0.6 is 0 Å². The van der Waals surface area contributed by atoms with Gasteiger partial charge in [-0.25, -0.2) is 22.5 Å². The van der Waals surface area contributed by atoms with Crippen molar-refractivity contribution in [1.29, 1.82) is 0 Å². The molecule has 5 rings (SSSR count). The minimum absolute atomic E-state index is 0.000141. The van der Waals surface area contributed by atoms with Crippen molar-refractivity contribution in [2.45, 2.75) is 37.1 Å². The second-order valence-corrected chi connectivity index (χ2v) is 10.4. The Bertz CT molecular complexity index is 1480. The van der Waals surface area contributed by atoms with E-state index in [1.165, 1.54) is 34.1 Å². The van der Waals surface area contributed by atoms with Gasteiger partial charge in [-0.15, -0.1) is 0 Å². The topological polar surface area (TPSA) is 100 Å². The van der Waals surface area contributed by atoms with Crippen molar-refractivity contribution in [2.24, 2.45) is 0 Å². The highest BCUT2D eigenvalue weighted by atomic mass is 32.2. The second kappa shape index (κ2) is 8.53. The van der Waals surface area contributed by atoms with Crippen molar-refractivity contribution >= 4 is 32.6 Å². The number of aromatic carboxylic acids is 1. The smallest absolute Gasteiger partial charge is 0.335 e. The Kier molecular flexibility index (Phi) is 5.53. The average molecular weight is 474 g/mol. The highest BCUT2D eigenvalue weighted by Gasteiger charge is 2.29. The summed E-state index contributed by atoms with van der Waals surface area (Å²) in [5.74, 6) is -0.250. The molecule has 4 aromatic rings. The van der Waals surface area contributed by atoms with Crippen LogP contribution < -0.4 is 4.31 Å². The number of fused-ring (bicyclic) bond motifs is 1. The second-order valence-electron chi connectivity index (χ2n) is 8.49. The molecular weight excluding hydrogens is 450 g/mol. The molecule has 2 aromatic carbocycles. The summed E-state index contributed by atoms with van der Waals surface area (Å²) < 4.78 is 28.9. The normalized spacial score (nSPS) is 13.7. The maximum absolute atomic E-state index is 13.8. The van der Waals surface area contributed by atoms with Crippen molar-refractivity contribution in [3.63, 3.8) is 0 Å². The predicted octanol–water partition coefficient (Wildman–Crippen LogP) is 4.91. The number of aryl methyl sites for hydroxylation is 1. The zero-order valence-electron chi connectivity index (χ0n) is 18.5. The molecule has 8 heteroatoms. The molecule has 0 unspecified atom stereocenters. The molecule has 1 N–H and O–H groups in total. The van der Waals surface area contributed by atoms with Crippen LogP contribution in [0.5, 0.6) is 0 Å². The third-order valence-corrected chi connectivity index (χ3v) is 7.90. The average Bonchev–Trinajstić information content (AvgIpc) is 3.69. The molecule has 1 fully saturated rings. The summed E-state index contributed by atoms with van der Waals surface area (Å²) in [5, 5.41) is 11.0. The number of hydrogen-bond donors (Lipinski definition) is 1. The van der Waals surface area contributed by atoms with Gasteiger partial charge in [0.2, 0.25) is 0 Å². The van der Waals surface area contributed by atoms with Gasteiger partial charge in [0.25, 0.3) is 10.0 Å². The largest absolute Gasteiger partial charge is 0.478 e. The number of carboxylic acids is 1. The van der Waals surface area contributed by atoms with Gasteiger partial charge >= 0.3 is 5.97 Å². The first-order valence-electron chi connectivity index (χ1n) is 11.0. The first-order valence-corrected chi connectivity index (χ1v) is 12.4. The van der Waals surface area contributed by atoms with Crippen LogP contribution in [0.3, 0.4) is 0 Å². The van der Waals surface area contributed by atoms with Crippen LogP contribution in [-0.4, -0.2) is 29.5 Å². The fraction of sp³-hybridized carbons (Fsp3) is 0.192. The minimum Gasteiger partial charge on any atom is -0.478 e. The van der Waals surface area contributed by atoms with Crippen molar-refractivity contribution in [3.05, 3.63) is 95.4 Å². The van der Waals surface area contributed by atoms with E-state index in [-0.39, 0.29) is 17.0 Å². The molecule has 2 aromatic heterocycles. The standard InChI is InChI=1S/C26H23N3O4S/c1-17-24-5-3-2-4-21(24)15-28-25(17)29(16-22-11-8-20(14-27-22)18-6-7-18)34(32,33)23-12-9-19(10-13-23)26(30)31/h2-5,8-15,18H,6-7,16H2,1H3,(H,30,31). The molecule has 34 heavy (non-hydrogen) atoms. The lowest BCUT2D eigenvalue weighted by atomic mass is 10.1. The van der Waals surface area contributed by atoms with Gasteiger partial charge in [0, 0.05) is 23.3 Å². The summed E-state index contributed by atoms with van der Waals surface area (Å²) in [6, 6.07) is 16.7. The Morgan fingerprint density at radius 1 is 1.00 bits per heavy atom. The minimum atomic E-state index is -4.06. The van der Waals surface area contributed by atoms with Gasteiger partial charge in [0.05, 0.1) is 22.7 Å². The summed E-state index contributed by atoms with van der Waals surface area (Å²) in [6.07, 6.45) is 5.81. The van der Waals surface area contributed by atoms with Gasteiger partial charge in [-0.2, -0.15) is 0 Å². The number of sulfonamides is 1. The molecule has 0 aliphatic heterocycles. The lowest BCUT2D eigenvalue weighted by molar-refractivity contribution is 0.0696. The molecule has 1 aliphatic carbocycles. The van der Waals surface area contributed by atoms with Crippen LogP contribution in [-0.2, 0) is 16.6 Å². The molecule has 0 radical (unpaired) electrons. The van der Waals surface area contributed by atoms with Gasteiger partial charge in [-0.3, -0.25) is 4.98 Å². The van der Waals surface area contributed by atoms with E-state index in [9.17, 15) is 18.3 Å². The van der Waals surface area contributed by atoms with Crippen molar-refractivity contribution in [3.8, 4) is 0 Å². The number of nitrogens with zero attached hydrogens (tertiary/aromatic N) is 3. The molecule has 0 saturated heterocycles. The van der Waals surface area contributed by atoms with Crippen LogP contribution in [0.15, 0.2) is 78.0 Å². The number of aromatic nitrogens is 2. The molecule has 172 valence electrons. The lowest BCUT2D eigenvalue weighted by Gasteiger charge is -2.25. The fourth-order valence-electron chi connectivity index (χ4n) is 4.06. The van der Waals surface area contributed by atoms with E-state index in [1.54, 1.807) is 6.20 Å². The van der Waals surface area contributed by atoms with Gasteiger partial charge in [-0.1, -0.05) is 30.3 Å². The molecule has 0 atom stereocenters. The number of carboxylic acid groups (broad SMARTS) is 1. The van der Waals surface area contributed by atoms with E-state index in [1.807, 2.05) is 49.5 Å². The highest BCUT2D eigenvalue weighted by Crippen LogP contribution is 2.39. The molecular formula is C26H23N3O4S. The van der Waals surface area contributed by atoms with Gasteiger partial charge in [-0.05, 0) is 67.0 Å². The van der Waals surface area contributed by atoms with E-state index in [2.05, 4.69) is 9.97 Å². The summed E-state index contributed by atoms with van der Waals surface area (Å²) in [4.78, 5) is 20.3. The quantitative estimate of drug-likeness (QED) is 0.409. The van der Waals surface area contributed by atoms with Crippen molar-refractivity contribution in [2.75, 3.05) is 4.31 Å². The number of pyridine rings is 2. The maximum Gasteiger partial charge on any atom is 0.335 e. The molecule has 0 spiro atoms. The summed E-state index contributed by atoms with van der Waals surface area (Å²) in [7, 11) is -4.06. The molecule has 0 amide bonds. The maximum atomic E-state index is 13.8. The van der Waals surface area contributed by atoms with Gasteiger partial charge < -0.3 is 5.11 Å². The number of anilines is 1. The fourth-order valence-corrected chi connectivity index (χ4v) is 5.50. The molecule has 7 nitrogen and oxygen atoms in total. The van der Waals surface area contributed by atoms with E-state index >= 15 is 0 Å². The lowest BCUT2D eigenvalue weighted by Crippen LogP contribution is -2.32. The Hall–Kier alpha value is -3.78. The van der Waals surface area contributed by atoms with E-state index in [0.29, 0.717) is 17.4 Å². The zero-order valence-corrected chi connectivity index (χ0v) is 19.4.